The van der Waals surface area contributed by atoms with Crippen LogP contribution in [-0.2, 0) is 6.42 Å². The monoisotopic (exact) mass is 507 g/mol. The minimum atomic E-state index is -1.11. The molecule has 0 saturated heterocycles. The van der Waals surface area contributed by atoms with E-state index in [-0.39, 0.29) is 17.9 Å². The molecule has 0 bridgehead atoms. The average Bonchev–Trinajstić information content (AvgIpc) is 3.52. The molecule has 10 heteroatoms. The Kier molecular flexibility index (Phi) is 8.64. The minimum absolute atomic E-state index is 0.00502. The number of hydrogen-bond donors (Lipinski definition) is 3. The second-order valence-corrected chi connectivity index (χ2v) is 10.6. The predicted octanol–water partition coefficient (Wildman–Crippen LogP) is 6.71. The first-order valence-corrected chi connectivity index (χ1v) is 13.3. The highest BCUT2D eigenvalue weighted by Crippen LogP contribution is 2.44. The van der Waals surface area contributed by atoms with Crippen LogP contribution in [0, 0.1) is 23.1 Å². The normalized spacial score (nSPS) is 25.6. The molecular weight excluding hydrogens is 475 g/mol. The Morgan fingerprint density at radius 1 is 1.17 bits per heavy atom. The van der Waals surface area contributed by atoms with Crippen molar-refractivity contribution in [1.29, 1.82) is 5.53 Å². The van der Waals surface area contributed by atoms with Gasteiger partial charge < -0.3 is 10.4 Å². The van der Waals surface area contributed by atoms with Gasteiger partial charge in [0.1, 0.15) is 11.9 Å². The lowest BCUT2D eigenvalue weighted by atomic mass is 9.99. The molecule has 4 rings (SSSR count). The topological polar surface area (TPSA) is 94.3 Å². The van der Waals surface area contributed by atoms with Gasteiger partial charge in [-0.2, -0.15) is 5.11 Å². The molecule has 190 valence electrons. The number of thioether (sulfide) groups is 1. The highest BCUT2D eigenvalue weighted by atomic mass is 32.2. The zero-order chi connectivity index (χ0) is 24.9. The summed E-state index contributed by atoms with van der Waals surface area (Å²) in [5.74, 6) is -0.104. The number of halogens is 3. The third-order valence-electron chi connectivity index (χ3n) is 6.79. The molecular formula is C25H32F3N5OS. The van der Waals surface area contributed by atoms with Gasteiger partial charge in [0.15, 0.2) is 22.6 Å². The van der Waals surface area contributed by atoms with Gasteiger partial charge in [-0.25, -0.2) is 28.7 Å². The Morgan fingerprint density at radius 2 is 2.00 bits per heavy atom. The smallest absolute Gasteiger partial charge is 0.189 e. The summed E-state index contributed by atoms with van der Waals surface area (Å²) in [5, 5.41) is 17.3. The third-order valence-corrected chi connectivity index (χ3v) is 7.85. The van der Waals surface area contributed by atoms with Gasteiger partial charge in [-0.15, -0.1) is 0 Å². The lowest BCUT2D eigenvalue weighted by Crippen LogP contribution is -2.12. The quantitative estimate of drug-likeness (QED) is 0.128. The van der Waals surface area contributed by atoms with Crippen LogP contribution >= 0.6 is 11.8 Å². The van der Waals surface area contributed by atoms with Crippen LogP contribution in [0.15, 0.2) is 28.5 Å². The van der Waals surface area contributed by atoms with E-state index >= 15 is 0 Å². The number of aryl methyl sites for hydroxylation is 1. The molecule has 1 heterocycles. The third kappa shape index (κ3) is 6.52. The predicted molar refractivity (Wildman–Crippen MR) is 130 cm³/mol. The van der Waals surface area contributed by atoms with Crippen molar-refractivity contribution in [3.8, 4) is 0 Å². The molecule has 2 aliphatic carbocycles. The van der Waals surface area contributed by atoms with Crippen molar-refractivity contribution < 1.29 is 18.3 Å². The molecule has 2 aliphatic rings. The van der Waals surface area contributed by atoms with Crippen molar-refractivity contribution in [3.05, 3.63) is 41.1 Å². The summed E-state index contributed by atoms with van der Waals surface area (Å²) in [5.41, 5.74) is 9.60. The Morgan fingerprint density at radius 3 is 2.69 bits per heavy atom. The maximum Gasteiger partial charge on any atom is 0.189 e. The number of alkyl halides is 1. The van der Waals surface area contributed by atoms with Crippen molar-refractivity contribution in [2.75, 3.05) is 11.1 Å². The first-order chi connectivity index (χ1) is 16.9. The minimum Gasteiger partial charge on any atom is -0.390 e. The van der Waals surface area contributed by atoms with Crippen LogP contribution < -0.4 is 5.32 Å². The van der Waals surface area contributed by atoms with E-state index in [4.69, 9.17) is 5.53 Å². The van der Waals surface area contributed by atoms with E-state index in [1.807, 2.05) is 0 Å². The summed E-state index contributed by atoms with van der Waals surface area (Å²) in [4.78, 5) is 9.28. The molecule has 35 heavy (non-hydrogen) atoms. The number of aliphatic hydroxyl groups is 1. The van der Waals surface area contributed by atoms with Crippen LogP contribution in [0.1, 0.15) is 69.0 Å². The van der Waals surface area contributed by atoms with E-state index in [2.05, 4.69) is 27.3 Å². The van der Waals surface area contributed by atoms with Crippen molar-refractivity contribution in [2.45, 2.75) is 87.7 Å². The molecule has 0 radical (unpaired) electrons. The van der Waals surface area contributed by atoms with E-state index in [9.17, 15) is 18.3 Å². The van der Waals surface area contributed by atoms with Gasteiger partial charge in [-0.3, -0.25) is 0 Å². The van der Waals surface area contributed by atoms with E-state index in [0.717, 1.165) is 49.5 Å². The number of benzene rings is 1. The lowest BCUT2D eigenvalue weighted by Gasteiger charge is -2.14. The Balaban J connectivity index is 1.42. The second-order valence-electron chi connectivity index (χ2n) is 9.54. The van der Waals surface area contributed by atoms with Crippen LogP contribution in [0.25, 0.3) is 0 Å². The number of nitrogens with zero attached hydrogens (tertiary/aromatic N) is 3. The molecule has 3 N–H and O–H groups in total. The molecule has 2 aromatic rings. The number of anilines is 1. The maximum atomic E-state index is 13.7. The summed E-state index contributed by atoms with van der Waals surface area (Å²) in [6.07, 6.45) is 3.91. The molecule has 5 atom stereocenters. The number of nitrogens with one attached hydrogen (secondary N) is 2. The fraction of sp³-hybridized carbons (Fsp3) is 0.600. The number of rotatable bonds is 12. The van der Waals surface area contributed by atoms with Crippen LogP contribution in [0.5, 0.6) is 0 Å². The Hall–Kier alpha value is -2.20. The van der Waals surface area contributed by atoms with E-state index in [1.54, 1.807) is 17.8 Å². The summed E-state index contributed by atoms with van der Waals surface area (Å²) in [7, 11) is 0. The largest absolute Gasteiger partial charge is 0.390 e. The van der Waals surface area contributed by atoms with Crippen LogP contribution in [0.3, 0.4) is 0 Å². The molecule has 0 spiro atoms. The van der Waals surface area contributed by atoms with Crippen molar-refractivity contribution in [2.24, 2.45) is 11.0 Å². The standard InChI is InChI=1S/C25H32F3N5OS/c1-2-9-35-25-31-20(6-4-3-5-14-10-19(28)22(34)11-14)23(33-29)24(32-25)30-21-13-16(21)15-7-8-17(26)18(27)12-15/h7-8,12,14,16,19,21-22,29,34H,2-6,9-11,13H2,1H3,(H,30,31,32)/t14?,16-,19-,21+,22+/m0/s1. The molecule has 1 unspecified atom stereocenters. The van der Waals surface area contributed by atoms with Crippen molar-refractivity contribution >= 4 is 23.3 Å². The Bertz CT molecular complexity index is 1030. The molecule has 2 fully saturated rings. The van der Waals surface area contributed by atoms with Gasteiger partial charge in [0.25, 0.3) is 0 Å². The second kappa shape index (κ2) is 11.7. The van der Waals surface area contributed by atoms with Gasteiger partial charge in [-0.1, -0.05) is 37.6 Å². The summed E-state index contributed by atoms with van der Waals surface area (Å²) in [6, 6.07) is 3.98. The zero-order valence-corrected chi connectivity index (χ0v) is 20.6. The highest BCUT2D eigenvalue weighted by molar-refractivity contribution is 7.99. The zero-order valence-electron chi connectivity index (χ0n) is 19.8. The van der Waals surface area contributed by atoms with Crippen molar-refractivity contribution in [3.63, 3.8) is 0 Å². The summed E-state index contributed by atoms with van der Waals surface area (Å²) < 4.78 is 40.5. The molecule has 2 saturated carbocycles. The van der Waals surface area contributed by atoms with E-state index in [1.165, 1.54) is 6.07 Å². The van der Waals surface area contributed by atoms with Crippen LogP contribution in [0.4, 0.5) is 24.7 Å². The van der Waals surface area contributed by atoms with Crippen LogP contribution in [0.2, 0.25) is 0 Å². The van der Waals surface area contributed by atoms with Gasteiger partial charge in [-0.05, 0) is 62.1 Å². The molecule has 6 nitrogen and oxygen atoms in total. The van der Waals surface area contributed by atoms with E-state index < -0.39 is 23.9 Å². The summed E-state index contributed by atoms with van der Waals surface area (Å²) >= 11 is 1.55. The van der Waals surface area contributed by atoms with Gasteiger partial charge in [0.05, 0.1) is 11.8 Å². The number of aromatic nitrogens is 2. The fourth-order valence-electron chi connectivity index (χ4n) is 4.79. The number of unbranched alkanes of at least 4 members (excludes halogenated alkanes) is 1. The van der Waals surface area contributed by atoms with Gasteiger partial charge in [0.2, 0.25) is 0 Å². The molecule has 0 aliphatic heterocycles. The maximum absolute atomic E-state index is 13.7. The molecule has 1 aromatic heterocycles. The first kappa shape index (κ1) is 25.9. The van der Waals surface area contributed by atoms with Crippen LogP contribution in [-0.4, -0.2) is 39.1 Å². The van der Waals surface area contributed by atoms with Gasteiger partial charge in [0, 0.05) is 17.7 Å². The molecule has 1 aromatic carbocycles. The molecule has 0 amide bonds. The number of aliphatic hydroxyl groups excluding tert-OH is 1. The first-order valence-electron chi connectivity index (χ1n) is 12.3. The SMILES string of the molecule is CCCSc1nc(CCCCC2C[C@@H](O)[C@@H](F)C2)c(N=N)c(N[C@@H]2C[C@H]2c2ccc(F)c(F)c2)n1. The van der Waals surface area contributed by atoms with E-state index in [0.29, 0.717) is 41.6 Å². The lowest BCUT2D eigenvalue weighted by molar-refractivity contribution is 0.103. The number of hydrogen-bond acceptors (Lipinski definition) is 7. The Labute approximate surface area is 208 Å². The summed E-state index contributed by atoms with van der Waals surface area (Å²) in [6.45, 7) is 2.08. The van der Waals surface area contributed by atoms with Gasteiger partial charge >= 0.3 is 0 Å². The van der Waals surface area contributed by atoms with Crippen molar-refractivity contribution in [1.82, 2.24) is 9.97 Å². The fourth-order valence-corrected chi connectivity index (χ4v) is 5.51. The highest BCUT2D eigenvalue weighted by Gasteiger charge is 2.40. The average molecular weight is 508 g/mol.